The summed E-state index contributed by atoms with van der Waals surface area (Å²) in [5, 5.41) is 3.34. The first-order valence-corrected chi connectivity index (χ1v) is 11.4. The Bertz CT molecular complexity index is 1030. The molecule has 3 rings (SSSR count). The Hall–Kier alpha value is -3.25. The van der Waals surface area contributed by atoms with Gasteiger partial charge in [-0.15, -0.1) is 0 Å². The summed E-state index contributed by atoms with van der Waals surface area (Å²) in [5.41, 5.74) is 2.10. The Balaban J connectivity index is 1.48. The molecule has 1 amide bonds. The minimum atomic E-state index is -0.500. The molecular weight excluding hydrogens is 440 g/mol. The Morgan fingerprint density at radius 2 is 1.85 bits per heavy atom. The lowest BCUT2D eigenvalue weighted by molar-refractivity contribution is 0.119. The number of rotatable bonds is 10. The molecule has 0 saturated heterocycles. The van der Waals surface area contributed by atoms with Crippen molar-refractivity contribution in [2.75, 3.05) is 0 Å². The van der Waals surface area contributed by atoms with Crippen LogP contribution < -0.4 is 14.8 Å². The van der Waals surface area contributed by atoms with Crippen molar-refractivity contribution in [3.8, 4) is 17.4 Å². The number of nitrogens with one attached hydrogen (secondary N) is 1. The van der Waals surface area contributed by atoms with Crippen molar-refractivity contribution in [1.29, 1.82) is 0 Å². The van der Waals surface area contributed by atoms with E-state index in [0.717, 1.165) is 18.4 Å². The van der Waals surface area contributed by atoms with Gasteiger partial charge in [0.05, 0.1) is 17.3 Å². The van der Waals surface area contributed by atoms with E-state index in [1.54, 1.807) is 18.3 Å². The summed E-state index contributed by atoms with van der Waals surface area (Å²) in [4.78, 5) is 16.3. The zero-order chi connectivity index (χ0) is 23.6. The second kappa shape index (κ2) is 12.1. The number of alkyl carbamates (subject to hydrolysis) is 1. The van der Waals surface area contributed by atoms with Gasteiger partial charge in [0.1, 0.15) is 24.2 Å². The molecule has 0 fully saturated rings. The Morgan fingerprint density at radius 1 is 1.06 bits per heavy atom. The fourth-order valence-corrected chi connectivity index (χ4v) is 3.30. The van der Waals surface area contributed by atoms with Gasteiger partial charge < -0.3 is 19.5 Å². The number of carbonyl (C=O) groups excluding carboxylic acids is 1. The van der Waals surface area contributed by atoms with Crippen molar-refractivity contribution >= 4 is 17.7 Å². The van der Waals surface area contributed by atoms with E-state index in [9.17, 15) is 4.79 Å². The lowest BCUT2D eigenvalue weighted by atomic mass is 10.1. The summed E-state index contributed by atoms with van der Waals surface area (Å²) >= 11 is 6.33. The first-order valence-electron chi connectivity index (χ1n) is 11.0. The summed E-state index contributed by atoms with van der Waals surface area (Å²) in [6, 6.07) is 18.5. The maximum absolute atomic E-state index is 12.1. The van der Waals surface area contributed by atoms with Crippen LogP contribution >= 0.6 is 11.6 Å². The molecule has 0 aliphatic rings. The SMILES string of the molecule is CCCc1ccc(Oc2ccc(O[C@@H](C)[C@H](C)NC(=O)OCc3ccccc3)nc2)c(Cl)c1. The van der Waals surface area contributed by atoms with E-state index in [1.165, 1.54) is 5.56 Å². The molecule has 2 atom stereocenters. The maximum Gasteiger partial charge on any atom is 0.407 e. The van der Waals surface area contributed by atoms with Gasteiger partial charge in [-0.05, 0) is 49.6 Å². The highest BCUT2D eigenvalue weighted by molar-refractivity contribution is 6.32. The Morgan fingerprint density at radius 3 is 2.52 bits per heavy atom. The molecule has 0 radical (unpaired) electrons. The fraction of sp³-hybridized carbons (Fsp3) is 0.308. The number of aromatic nitrogens is 1. The molecule has 1 heterocycles. The molecule has 0 spiro atoms. The highest BCUT2D eigenvalue weighted by Gasteiger charge is 2.18. The normalized spacial score (nSPS) is 12.5. The van der Waals surface area contributed by atoms with Crippen LogP contribution in [-0.2, 0) is 17.8 Å². The second-order valence-electron chi connectivity index (χ2n) is 7.77. The van der Waals surface area contributed by atoms with Crippen molar-refractivity contribution in [3.05, 3.63) is 83.0 Å². The third-order valence-electron chi connectivity index (χ3n) is 5.04. The summed E-state index contributed by atoms with van der Waals surface area (Å²) < 4.78 is 16.9. The summed E-state index contributed by atoms with van der Waals surface area (Å²) in [7, 11) is 0. The first kappa shape index (κ1) is 24.4. The maximum atomic E-state index is 12.1. The number of carbonyl (C=O) groups is 1. The van der Waals surface area contributed by atoms with Crippen LogP contribution in [0.25, 0.3) is 0 Å². The van der Waals surface area contributed by atoms with Crippen LogP contribution in [0, 0.1) is 0 Å². The van der Waals surface area contributed by atoms with Crippen LogP contribution in [0.5, 0.6) is 17.4 Å². The van der Waals surface area contributed by atoms with Crippen LogP contribution in [0.2, 0.25) is 5.02 Å². The number of pyridine rings is 1. The summed E-state index contributed by atoms with van der Waals surface area (Å²) in [5.74, 6) is 1.55. The number of nitrogens with zero attached hydrogens (tertiary/aromatic N) is 1. The van der Waals surface area contributed by atoms with Crippen molar-refractivity contribution in [2.24, 2.45) is 0 Å². The molecule has 0 bridgehead atoms. The quantitative estimate of drug-likeness (QED) is 0.364. The van der Waals surface area contributed by atoms with E-state index in [0.29, 0.717) is 22.4 Å². The van der Waals surface area contributed by atoms with Crippen LogP contribution in [0.4, 0.5) is 4.79 Å². The molecule has 1 N–H and O–H groups in total. The third-order valence-corrected chi connectivity index (χ3v) is 5.34. The van der Waals surface area contributed by atoms with Gasteiger partial charge in [0.2, 0.25) is 5.88 Å². The number of benzene rings is 2. The first-order chi connectivity index (χ1) is 15.9. The van der Waals surface area contributed by atoms with Gasteiger partial charge in [0, 0.05) is 6.07 Å². The van der Waals surface area contributed by atoms with Crippen molar-refractivity contribution in [2.45, 2.75) is 52.4 Å². The fourth-order valence-electron chi connectivity index (χ4n) is 3.06. The largest absolute Gasteiger partial charge is 0.472 e. The summed E-state index contributed by atoms with van der Waals surface area (Å²) in [6.07, 6.45) is 2.78. The van der Waals surface area contributed by atoms with Gasteiger partial charge in [-0.2, -0.15) is 0 Å². The third kappa shape index (κ3) is 7.68. The van der Waals surface area contributed by atoms with E-state index >= 15 is 0 Å². The van der Waals surface area contributed by atoms with E-state index in [4.69, 9.17) is 25.8 Å². The molecule has 3 aromatic rings. The van der Waals surface area contributed by atoms with Gasteiger partial charge in [-0.25, -0.2) is 9.78 Å². The van der Waals surface area contributed by atoms with E-state index < -0.39 is 6.09 Å². The van der Waals surface area contributed by atoms with Crippen LogP contribution in [-0.4, -0.2) is 23.2 Å². The highest BCUT2D eigenvalue weighted by atomic mass is 35.5. The predicted molar refractivity (Wildman–Crippen MR) is 129 cm³/mol. The molecule has 1 aromatic heterocycles. The molecule has 0 aliphatic heterocycles. The van der Waals surface area contributed by atoms with E-state index in [1.807, 2.05) is 62.4 Å². The standard InChI is InChI=1S/C26H29ClN2O4/c1-4-8-20-11-13-24(23(27)15-20)33-22-12-14-25(28-16-22)32-19(3)18(2)29-26(30)31-17-21-9-6-5-7-10-21/h5-7,9-16,18-19H,4,8,17H2,1-3H3,(H,29,30)/t18-,19-/m0/s1. The van der Waals surface area contributed by atoms with Gasteiger partial charge >= 0.3 is 6.09 Å². The van der Waals surface area contributed by atoms with Crippen LogP contribution in [0.3, 0.4) is 0 Å². The molecule has 2 aromatic carbocycles. The van der Waals surface area contributed by atoms with Crippen LogP contribution in [0.15, 0.2) is 66.9 Å². The van der Waals surface area contributed by atoms with Crippen molar-refractivity contribution in [3.63, 3.8) is 0 Å². The smallest absolute Gasteiger partial charge is 0.407 e. The lowest BCUT2D eigenvalue weighted by Crippen LogP contribution is -2.42. The van der Waals surface area contributed by atoms with Gasteiger partial charge in [0.15, 0.2) is 0 Å². The number of aryl methyl sites for hydroxylation is 1. The minimum Gasteiger partial charge on any atom is -0.472 e. The Labute approximate surface area is 199 Å². The predicted octanol–water partition coefficient (Wildman–Crippen LogP) is 6.56. The Kier molecular flexibility index (Phi) is 8.95. The average Bonchev–Trinajstić information content (AvgIpc) is 2.81. The average molecular weight is 469 g/mol. The van der Waals surface area contributed by atoms with Gasteiger partial charge in [-0.3, -0.25) is 0 Å². The molecule has 6 nitrogen and oxygen atoms in total. The van der Waals surface area contributed by atoms with Crippen molar-refractivity contribution < 1.29 is 19.0 Å². The molecular formula is C26H29ClN2O4. The number of hydrogen-bond acceptors (Lipinski definition) is 5. The highest BCUT2D eigenvalue weighted by Crippen LogP contribution is 2.30. The lowest BCUT2D eigenvalue weighted by Gasteiger charge is -2.22. The number of amides is 1. The monoisotopic (exact) mass is 468 g/mol. The van der Waals surface area contributed by atoms with E-state index in [-0.39, 0.29) is 18.8 Å². The van der Waals surface area contributed by atoms with Crippen LogP contribution in [0.1, 0.15) is 38.3 Å². The zero-order valence-electron chi connectivity index (χ0n) is 19.1. The van der Waals surface area contributed by atoms with Gasteiger partial charge in [-0.1, -0.05) is 61.3 Å². The minimum absolute atomic E-state index is 0.211. The topological polar surface area (TPSA) is 69.7 Å². The molecule has 0 unspecified atom stereocenters. The number of halogens is 1. The molecule has 0 aliphatic carbocycles. The van der Waals surface area contributed by atoms with E-state index in [2.05, 4.69) is 17.2 Å². The second-order valence-corrected chi connectivity index (χ2v) is 8.17. The zero-order valence-corrected chi connectivity index (χ0v) is 19.8. The molecule has 174 valence electrons. The molecule has 33 heavy (non-hydrogen) atoms. The van der Waals surface area contributed by atoms with Crippen molar-refractivity contribution in [1.82, 2.24) is 10.3 Å². The molecule has 0 saturated carbocycles. The number of ether oxygens (including phenoxy) is 3. The number of hydrogen-bond donors (Lipinski definition) is 1. The summed E-state index contributed by atoms with van der Waals surface area (Å²) in [6.45, 7) is 6.04. The van der Waals surface area contributed by atoms with Gasteiger partial charge in [0.25, 0.3) is 0 Å². The molecule has 7 heteroatoms.